The zero-order valence-electron chi connectivity index (χ0n) is 18.3. The van der Waals surface area contributed by atoms with Gasteiger partial charge in [-0.15, -0.1) is 0 Å². The lowest BCUT2D eigenvalue weighted by Crippen LogP contribution is -2.42. The maximum atomic E-state index is 13.5. The molecule has 1 unspecified atom stereocenters. The molecule has 6 nitrogen and oxygen atoms in total. The van der Waals surface area contributed by atoms with Crippen LogP contribution in [0.3, 0.4) is 0 Å². The van der Waals surface area contributed by atoms with Gasteiger partial charge in [-0.2, -0.15) is 0 Å². The third-order valence-electron chi connectivity index (χ3n) is 6.48. The summed E-state index contributed by atoms with van der Waals surface area (Å²) in [5.41, 5.74) is 0.555. The monoisotopic (exact) mass is 439 g/mol. The van der Waals surface area contributed by atoms with E-state index >= 15 is 0 Å². The number of hydrogen-bond donors (Lipinski definition) is 1. The molecule has 168 valence electrons. The van der Waals surface area contributed by atoms with Crippen LogP contribution in [0.4, 0.5) is 8.78 Å². The second-order valence-corrected chi connectivity index (χ2v) is 8.39. The summed E-state index contributed by atoms with van der Waals surface area (Å²) in [5.74, 6) is -1.50. The first kappa shape index (κ1) is 22.0. The first-order chi connectivity index (χ1) is 15.4. The SMILES string of the molecule is CCN(C)C1=CC(c2ncccn2)(C2CCC(NC(=O)c3ccc(F)c(F)c3)CC2)N=C1. The Balaban J connectivity index is 1.48. The predicted molar refractivity (Wildman–Crippen MR) is 118 cm³/mol. The van der Waals surface area contributed by atoms with Crippen LogP contribution in [0, 0.1) is 17.6 Å². The second kappa shape index (κ2) is 9.14. The summed E-state index contributed by atoms with van der Waals surface area (Å²) >= 11 is 0. The summed E-state index contributed by atoms with van der Waals surface area (Å²) in [6.45, 7) is 2.96. The molecule has 4 rings (SSSR count). The van der Waals surface area contributed by atoms with Gasteiger partial charge in [0.05, 0.1) is 5.70 Å². The first-order valence-electron chi connectivity index (χ1n) is 11.0. The molecule has 2 heterocycles. The number of carbonyl (C=O) groups is 1. The van der Waals surface area contributed by atoms with Crippen LogP contribution in [0.5, 0.6) is 0 Å². The van der Waals surface area contributed by atoms with E-state index in [-0.39, 0.29) is 23.4 Å². The highest BCUT2D eigenvalue weighted by Gasteiger charge is 2.45. The van der Waals surface area contributed by atoms with Gasteiger partial charge >= 0.3 is 0 Å². The van der Waals surface area contributed by atoms with Gasteiger partial charge in [0.2, 0.25) is 0 Å². The summed E-state index contributed by atoms with van der Waals surface area (Å²) < 4.78 is 26.6. The molecule has 0 saturated heterocycles. The molecule has 1 aliphatic carbocycles. The van der Waals surface area contributed by atoms with Gasteiger partial charge in [0.1, 0.15) is 5.54 Å². The third-order valence-corrected chi connectivity index (χ3v) is 6.48. The summed E-state index contributed by atoms with van der Waals surface area (Å²) in [6.07, 6.45) is 10.7. The van der Waals surface area contributed by atoms with E-state index in [1.807, 2.05) is 13.3 Å². The number of halogens is 2. The van der Waals surface area contributed by atoms with Crippen LogP contribution in [-0.2, 0) is 5.54 Å². The first-order valence-corrected chi connectivity index (χ1v) is 11.0. The Hall–Kier alpha value is -3.16. The van der Waals surface area contributed by atoms with E-state index in [1.54, 1.807) is 18.5 Å². The summed E-state index contributed by atoms with van der Waals surface area (Å²) in [4.78, 5) is 28.6. The van der Waals surface area contributed by atoms with Gasteiger partial charge in [-0.05, 0) is 68.9 Å². The summed E-state index contributed by atoms with van der Waals surface area (Å²) in [7, 11) is 2.03. The minimum Gasteiger partial charge on any atom is -0.374 e. The molecule has 1 aromatic carbocycles. The Morgan fingerprint density at radius 2 is 1.88 bits per heavy atom. The number of amides is 1. The van der Waals surface area contributed by atoms with E-state index in [0.717, 1.165) is 50.1 Å². The van der Waals surface area contributed by atoms with E-state index in [4.69, 9.17) is 4.99 Å². The number of nitrogens with zero attached hydrogens (tertiary/aromatic N) is 4. The van der Waals surface area contributed by atoms with Gasteiger partial charge in [0, 0.05) is 43.8 Å². The number of carbonyl (C=O) groups excluding carboxylic acids is 1. The highest BCUT2D eigenvalue weighted by molar-refractivity contribution is 5.94. The number of benzene rings is 1. The smallest absolute Gasteiger partial charge is 0.251 e. The average molecular weight is 440 g/mol. The van der Waals surface area contributed by atoms with Crippen LogP contribution in [0.25, 0.3) is 0 Å². The lowest BCUT2D eigenvalue weighted by molar-refractivity contribution is 0.0914. The van der Waals surface area contributed by atoms with Crippen LogP contribution in [-0.4, -0.2) is 46.6 Å². The van der Waals surface area contributed by atoms with Gasteiger partial charge in [-0.3, -0.25) is 9.79 Å². The van der Waals surface area contributed by atoms with Crippen LogP contribution >= 0.6 is 0 Å². The zero-order valence-corrected chi connectivity index (χ0v) is 18.3. The molecular weight excluding hydrogens is 412 g/mol. The fraction of sp³-hybridized carbons (Fsp3) is 0.417. The Bertz CT molecular complexity index is 1030. The molecule has 1 saturated carbocycles. The standard InChI is InChI=1S/C24H27F2N5O/c1-3-31(2)19-14-24(29-15-19,23-27-11-4-12-28-23)17-6-8-18(9-7-17)30-22(32)16-5-10-20(25)21(26)13-16/h4-5,10-15,17-18H,3,6-9H2,1-2H3,(H,30,32). The maximum absolute atomic E-state index is 13.5. The molecule has 1 fully saturated rings. The van der Waals surface area contributed by atoms with Crippen LogP contribution in [0.1, 0.15) is 48.8 Å². The Labute approximate surface area is 186 Å². The van der Waals surface area contributed by atoms with Crippen molar-refractivity contribution in [2.45, 2.75) is 44.2 Å². The number of aromatic nitrogens is 2. The van der Waals surface area contributed by atoms with Crippen LogP contribution in [0.2, 0.25) is 0 Å². The minimum atomic E-state index is -1.02. The quantitative estimate of drug-likeness (QED) is 0.742. The van der Waals surface area contributed by atoms with Crippen molar-refractivity contribution in [2.24, 2.45) is 10.9 Å². The molecule has 1 aliphatic heterocycles. The zero-order chi connectivity index (χ0) is 22.7. The molecular formula is C24H27F2N5O. The summed E-state index contributed by atoms with van der Waals surface area (Å²) in [6, 6.07) is 4.96. The second-order valence-electron chi connectivity index (χ2n) is 8.39. The van der Waals surface area contributed by atoms with Crippen LogP contribution < -0.4 is 5.32 Å². The van der Waals surface area contributed by atoms with E-state index < -0.39 is 17.2 Å². The molecule has 1 amide bonds. The molecule has 1 atom stereocenters. The third kappa shape index (κ3) is 4.26. The number of rotatable bonds is 6. The lowest BCUT2D eigenvalue weighted by atomic mass is 9.73. The number of allylic oxidation sites excluding steroid dienone is 1. The lowest BCUT2D eigenvalue weighted by Gasteiger charge is -2.37. The molecule has 0 bridgehead atoms. The van der Waals surface area contributed by atoms with Crippen molar-refractivity contribution in [3.63, 3.8) is 0 Å². The molecule has 32 heavy (non-hydrogen) atoms. The van der Waals surface area contributed by atoms with Crippen molar-refractivity contribution < 1.29 is 13.6 Å². The van der Waals surface area contributed by atoms with Gasteiger partial charge < -0.3 is 10.2 Å². The van der Waals surface area contributed by atoms with Gasteiger partial charge in [0.25, 0.3) is 5.91 Å². The van der Waals surface area contributed by atoms with Crippen molar-refractivity contribution in [2.75, 3.05) is 13.6 Å². The van der Waals surface area contributed by atoms with Crippen LogP contribution in [0.15, 0.2) is 53.4 Å². The van der Waals surface area contributed by atoms with E-state index in [2.05, 4.69) is 33.2 Å². The van der Waals surface area contributed by atoms with Gasteiger partial charge in [-0.1, -0.05) is 0 Å². The highest BCUT2D eigenvalue weighted by atomic mass is 19.2. The minimum absolute atomic E-state index is 0.0345. The fourth-order valence-electron chi connectivity index (χ4n) is 4.48. The number of aliphatic imine (C=N–C) groups is 1. The van der Waals surface area contributed by atoms with E-state index in [1.165, 1.54) is 6.07 Å². The van der Waals surface area contributed by atoms with Crippen molar-refractivity contribution in [3.8, 4) is 0 Å². The topological polar surface area (TPSA) is 70.5 Å². The number of nitrogens with one attached hydrogen (secondary N) is 1. The normalized spacial score (nSPS) is 24.8. The van der Waals surface area contributed by atoms with Gasteiger partial charge in [-0.25, -0.2) is 18.7 Å². The van der Waals surface area contributed by atoms with Crippen molar-refractivity contribution in [1.29, 1.82) is 0 Å². The van der Waals surface area contributed by atoms with Crippen molar-refractivity contribution in [1.82, 2.24) is 20.2 Å². The molecule has 1 aromatic heterocycles. The maximum Gasteiger partial charge on any atom is 0.251 e. The van der Waals surface area contributed by atoms with Gasteiger partial charge in [0.15, 0.2) is 17.5 Å². The predicted octanol–water partition coefficient (Wildman–Crippen LogP) is 3.86. The Morgan fingerprint density at radius 3 is 2.53 bits per heavy atom. The highest BCUT2D eigenvalue weighted by Crippen LogP contribution is 2.44. The molecule has 2 aromatic rings. The molecule has 2 aliphatic rings. The van der Waals surface area contributed by atoms with E-state index in [9.17, 15) is 13.6 Å². The Kier molecular flexibility index (Phi) is 6.30. The Morgan fingerprint density at radius 1 is 1.16 bits per heavy atom. The largest absolute Gasteiger partial charge is 0.374 e. The number of hydrogen-bond acceptors (Lipinski definition) is 5. The van der Waals surface area contributed by atoms with Crippen molar-refractivity contribution in [3.05, 3.63) is 71.5 Å². The molecule has 1 N–H and O–H groups in total. The molecule has 8 heteroatoms. The fourth-order valence-corrected chi connectivity index (χ4v) is 4.48. The molecule has 0 spiro atoms. The summed E-state index contributed by atoms with van der Waals surface area (Å²) in [5, 5.41) is 2.96. The van der Waals surface area contributed by atoms with Crippen molar-refractivity contribution >= 4 is 12.1 Å². The van der Waals surface area contributed by atoms with E-state index in [0.29, 0.717) is 5.82 Å². The average Bonchev–Trinajstić information content (AvgIpc) is 3.28. The molecule has 0 radical (unpaired) electrons.